The Morgan fingerprint density at radius 2 is 1.70 bits per heavy atom. The zero-order valence-corrected chi connectivity index (χ0v) is 14.7. The molecule has 0 bridgehead atoms. The highest BCUT2D eigenvalue weighted by molar-refractivity contribution is 6.03. The van der Waals surface area contributed by atoms with Crippen molar-refractivity contribution < 1.29 is 23.9 Å². The van der Waals surface area contributed by atoms with Gasteiger partial charge in [0.1, 0.15) is 5.78 Å². The largest absolute Gasteiger partial charge is 0.379 e. The van der Waals surface area contributed by atoms with Crippen LogP contribution in [0.5, 0.6) is 0 Å². The van der Waals surface area contributed by atoms with Crippen LogP contribution in [0.1, 0.15) is 40.5 Å². The molecule has 0 spiro atoms. The predicted octanol–water partition coefficient (Wildman–Crippen LogP) is 1.67. The molecule has 0 radical (unpaired) electrons. The molecule has 0 saturated carbocycles. The molecule has 0 N–H and O–H groups in total. The molecule has 2 amide bonds. The van der Waals surface area contributed by atoms with Gasteiger partial charge in [-0.25, -0.2) is 0 Å². The number of likely N-dealkylation sites (tertiary alicyclic amines) is 1. The van der Waals surface area contributed by atoms with Crippen LogP contribution in [0.4, 0.5) is 0 Å². The van der Waals surface area contributed by atoms with Gasteiger partial charge >= 0.3 is 0 Å². The van der Waals surface area contributed by atoms with Crippen LogP contribution in [0.2, 0.25) is 0 Å². The molecule has 6 nitrogen and oxygen atoms in total. The number of imide groups is 1. The van der Waals surface area contributed by atoms with E-state index in [0.717, 1.165) is 0 Å². The van der Waals surface area contributed by atoms with Crippen LogP contribution in [0, 0.1) is 17.8 Å². The molecule has 1 unspecified atom stereocenters. The maximum Gasteiger partial charge on any atom is 0.233 e. The molecule has 1 heterocycles. The Labute approximate surface area is 138 Å². The number of carbonyl (C=O) groups is 3. The van der Waals surface area contributed by atoms with Gasteiger partial charge in [-0.05, 0) is 5.92 Å². The number of ether oxygens (including phenoxy) is 2. The SMILES string of the molecule is CC(C)C(=O)CCOCCOCCN1C(=O)CC(C(C)C)C1=O. The highest BCUT2D eigenvalue weighted by Crippen LogP contribution is 2.25. The first-order chi connectivity index (χ1) is 10.8. The van der Waals surface area contributed by atoms with Gasteiger partial charge in [0.15, 0.2) is 0 Å². The molecule has 0 aromatic carbocycles. The van der Waals surface area contributed by atoms with Gasteiger partial charge < -0.3 is 9.47 Å². The number of rotatable bonds is 11. The van der Waals surface area contributed by atoms with Gasteiger partial charge in [0.2, 0.25) is 11.8 Å². The van der Waals surface area contributed by atoms with E-state index in [9.17, 15) is 14.4 Å². The molecule has 1 rings (SSSR count). The van der Waals surface area contributed by atoms with E-state index in [1.54, 1.807) is 0 Å². The van der Waals surface area contributed by atoms with Gasteiger partial charge in [0, 0.05) is 24.7 Å². The number of hydrogen-bond acceptors (Lipinski definition) is 5. The highest BCUT2D eigenvalue weighted by Gasteiger charge is 2.39. The lowest BCUT2D eigenvalue weighted by Gasteiger charge is -2.16. The Kier molecular flexibility index (Phi) is 8.41. The van der Waals surface area contributed by atoms with Crippen LogP contribution in [-0.4, -0.2) is 55.5 Å². The molecule has 132 valence electrons. The molecule has 1 atom stereocenters. The Morgan fingerprint density at radius 1 is 1.09 bits per heavy atom. The lowest BCUT2D eigenvalue weighted by Crippen LogP contribution is -2.34. The number of ketones is 1. The summed E-state index contributed by atoms with van der Waals surface area (Å²) in [7, 11) is 0. The smallest absolute Gasteiger partial charge is 0.233 e. The summed E-state index contributed by atoms with van der Waals surface area (Å²) in [6, 6.07) is 0. The third-order valence-electron chi connectivity index (χ3n) is 4.05. The lowest BCUT2D eigenvalue weighted by molar-refractivity contribution is -0.140. The van der Waals surface area contributed by atoms with Crippen molar-refractivity contribution in [3.8, 4) is 0 Å². The summed E-state index contributed by atoms with van der Waals surface area (Å²) in [4.78, 5) is 36.6. The summed E-state index contributed by atoms with van der Waals surface area (Å²) in [5, 5.41) is 0. The predicted molar refractivity (Wildman–Crippen MR) is 85.8 cm³/mol. The van der Waals surface area contributed by atoms with Gasteiger partial charge in [-0.15, -0.1) is 0 Å². The molecule has 0 aliphatic carbocycles. The van der Waals surface area contributed by atoms with E-state index in [0.29, 0.717) is 45.8 Å². The van der Waals surface area contributed by atoms with Crippen LogP contribution in [0.3, 0.4) is 0 Å². The molecule has 1 saturated heterocycles. The van der Waals surface area contributed by atoms with Gasteiger partial charge in [0.05, 0.1) is 33.0 Å². The Hall–Kier alpha value is -1.27. The third-order valence-corrected chi connectivity index (χ3v) is 4.05. The van der Waals surface area contributed by atoms with Gasteiger partial charge in [-0.2, -0.15) is 0 Å². The van der Waals surface area contributed by atoms with Crippen molar-refractivity contribution in [2.75, 3.05) is 33.0 Å². The van der Waals surface area contributed by atoms with E-state index < -0.39 is 0 Å². The van der Waals surface area contributed by atoms with Crippen LogP contribution < -0.4 is 0 Å². The molecule has 0 aromatic heterocycles. The lowest BCUT2D eigenvalue weighted by atomic mass is 9.94. The van der Waals surface area contributed by atoms with Crippen molar-refractivity contribution in [1.82, 2.24) is 4.90 Å². The second-order valence-electron chi connectivity index (χ2n) is 6.53. The second kappa shape index (κ2) is 9.78. The average molecular weight is 327 g/mol. The maximum atomic E-state index is 12.1. The van der Waals surface area contributed by atoms with E-state index in [2.05, 4.69) is 0 Å². The Bertz CT molecular complexity index is 419. The van der Waals surface area contributed by atoms with Gasteiger partial charge in [-0.1, -0.05) is 27.7 Å². The minimum atomic E-state index is -0.190. The van der Waals surface area contributed by atoms with Crippen LogP contribution in [0.25, 0.3) is 0 Å². The van der Waals surface area contributed by atoms with Crippen molar-refractivity contribution in [3.63, 3.8) is 0 Å². The monoisotopic (exact) mass is 327 g/mol. The first-order valence-electron chi connectivity index (χ1n) is 8.37. The Balaban J connectivity index is 2.08. The molecule has 6 heteroatoms. The first-order valence-corrected chi connectivity index (χ1v) is 8.37. The number of carbonyl (C=O) groups excluding carboxylic acids is 3. The quantitative estimate of drug-likeness (QED) is 0.426. The molecular weight excluding hydrogens is 298 g/mol. The number of hydrogen-bond donors (Lipinski definition) is 0. The number of nitrogens with zero attached hydrogens (tertiary/aromatic N) is 1. The van der Waals surface area contributed by atoms with Crippen molar-refractivity contribution in [1.29, 1.82) is 0 Å². The van der Waals surface area contributed by atoms with Crippen molar-refractivity contribution >= 4 is 17.6 Å². The van der Waals surface area contributed by atoms with Gasteiger partial charge in [0.25, 0.3) is 0 Å². The van der Waals surface area contributed by atoms with Gasteiger partial charge in [-0.3, -0.25) is 19.3 Å². The fourth-order valence-corrected chi connectivity index (χ4v) is 2.40. The fourth-order valence-electron chi connectivity index (χ4n) is 2.40. The molecular formula is C17H29NO5. The normalized spacial score (nSPS) is 18.5. The maximum absolute atomic E-state index is 12.1. The minimum Gasteiger partial charge on any atom is -0.379 e. The van der Waals surface area contributed by atoms with Crippen molar-refractivity contribution in [2.24, 2.45) is 17.8 Å². The average Bonchev–Trinajstić information content (AvgIpc) is 2.77. The summed E-state index contributed by atoms with van der Waals surface area (Å²) >= 11 is 0. The summed E-state index contributed by atoms with van der Waals surface area (Å²) < 4.78 is 10.7. The van der Waals surface area contributed by atoms with E-state index in [1.165, 1.54) is 4.90 Å². The topological polar surface area (TPSA) is 72.9 Å². The first kappa shape index (κ1) is 19.8. The summed E-state index contributed by atoms with van der Waals surface area (Å²) in [6.45, 7) is 9.46. The number of Topliss-reactive ketones (excluding diaryl/α,β-unsaturated/α-hetero) is 1. The highest BCUT2D eigenvalue weighted by atomic mass is 16.5. The summed E-state index contributed by atoms with van der Waals surface area (Å²) in [6.07, 6.45) is 0.731. The third kappa shape index (κ3) is 6.39. The fraction of sp³-hybridized carbons (Fsp3) is 0.824. The van der Waals surface area contributed by atoms with E-state index in [4.69, 9.17) is 9.47 Å². The molecule has 1 fully saturated rings. The molecule has 23 heavy (non-hydrogen) atoms. The zero-order valence-electron chi connectivity index (χ0n) is 14.7. The number of amides is 2. The minimum absolute atomic E-state index is 0.0417. The van der Waals surface area contributed by atoms with Crippen LogP contribution in [-0.2, 0) is 23.9 Å². The van der Waals surface area contributed by atoms with Crippen LogP contribution in [0.15, 0.2) is 0 Å². The van der Waals surface area contributed by atoms with E-state index in [-0.39, 0.29) is 35.4 Å². The standard InChI is InChI=1S/C17H29NO5/c1-12(2)14-11-16(20)18(17(14)21)6-8-23-10-9-22-7-5-15(19)13(3)4/h12-14H,5-11H2,1-4H3. The zero-order chi connectivity index (χ0) is 17.4. The molecule has 1 aliphatic heterocycles. The van der Waals surface area contributed by atoms with Crippen molar-refractivity contribution in [3.05, 3.63) is 0 Å². The van der Waals surface area contributed by atoms with E-state index >= 15 is 0 Å². The second-order valence-corrected chi connectivity index (χ2v) is 6.53. The molecule has 1 aliphatic rings. The summed E-state index contributed by atoms with van der Waals surface area (Å²) in [5.41, 5.74) is 0. The molecule has 0 aromatic rings. The Morgan fingerprint density at radius 3 is 2.22 bits per heavy atom. The summed E-state index contributed by atoms with van der Waals surface area (Å²) in [5.74, 6) is 0.0261. The van der Waals surface area contributed by atoms with Crippen molar-refractivity contribution in [2.45, 2.75) is 40.5 Å². The van der Waals surface area contributed by atoms with E-state index in [1.807, 2.05) is 27.7 Å². The van der Waals surface area contributed by atoms with Crippen LogP contribution >= 0.6 is 0 Å².